The lowest BCUT2D eigenvalue weighted by Crippen LogP contribution is -2.41. The molecule has 0 unspecified atom stereocenters. The first-order valence-electron chi connectivity index (χ1n) is 9.21. The molecule has 1 N–H and O–H groups in total. The molecule has 0 spiro atoms. The predicted octanol–water partition coefficient (Wildman–Crippen LogP) is 4.61. The number of hydrogen-bond acceptors (Lipinski definition) is 5. The number of aryl methyl sites for hydroxylation is 1. The Balaban J connectivity index is 1.49. The highest BCUT2D eigenvalue weighted by Crippen LogP contribution is 2.26. The minimum absolute atomic E-state index is 0.0949. The zero-order chi connectivity index (χ0) is 18.6. The maximum Gasteiger partial charge on any atom is 0.326 e. The van der Waals surface area contributed by atoms with Gasteiger partial charge in [0.25, 0.3) is 0 Å². The number of amides is 2. The summed E-state index contributed by atoms with van der Waals surface area (Å²) >= 11 is 0. The average Bonchev–Trinajstić information content (AvgIpc) is 3.42. The Hall–Kier alpha value is -3.09. The van der Waals surface area contributed by atoms with Crippen molar-refractivity contribution in [1.82, 2.24) is 15.1 Å². The van der Waals surface area contributed by atoms with E-state index < -0.39 is 0 Å². The van der Waals surface area contributed by atoms with Crippen LogP contribution < -0.4 is 5.32 Å². The minimum atomic E-state index is -0.251. The van der Waals surface area contributed by atoms with E-state index in [9.17, 15) is 4.79 Å². The van der Waals surface area contributed by atoms with Crippen molar-refractivity contribution in [2.24, 2.45) is 0 Å². The molecule has 2 heterocycles. The van der Waals surface area contributed by atoms with Gasteiger partial charge in [0, 0.05) is 11.6 Å². The molecule has 140 valence electrons. The van der Waals surface area contributed by atoms with Crippen molar-refractivity contribution in [3.63, 3.8) is 0 Å². The Labute approximate surface area is 157 Å². The summed E-state index contributed by atoms with van der Waals surface area (Å²) in [5.41, 5.74) is 0.809. The number of carbonyl (C=O) groups excluding carboxylic acids is 1. The molecule has 3 aromatic rings. The topological polar surface area (TPSA) is 84.4 Å². The number of nitrogens with one attached hydrogen (secondary N) is 1. The van der Waals surface area contributed by atoms with Gasteiger partial charge in [-0.3, -0.25) is 5.32 Å². The van der Waals surface area contributed by atoms with Gasteiger partial charge in [-0.15, -0.1) is 5.10 Å². The van der Waals surface area contributed by atoms with Gasteiger partial charge in [-0.2, -0.15) is 0 Å². The van der Waals surface area contributed by atoms with E-state index in [2.05, 4.69) is 15.5 Å². The fourth-order valence-electron chi connectivity index (χ4n) is 3.46. The molecule has 1 aliphatic carbocycles. The first-order valence-corrected chi connectivity index (χ1v) is 9.21. The maximum atomic E-state index is 12.9. The van der Waals surface area contributed by atoms with Crippen molar-refractivity contribution in [2.45, 2.75) is 45.2 Å². The van der Waals surface area contributed by atoms with Crippen LogP contribution in [0.3, 0.4) is 0 Å². The van der Waals surface area contributed by atoms with Crippen LogP contribution >= 0.6 is 0 Å². The third kappa shape index (κ3) is 4.02. The third-order valence-electron chi connectivity index (χ3n) is 4.81. The second-order valence-electron chi connectivity index (χ2n) is 6.79. The molecule has 1 saturated carbocycles. The molecule has 0 atom stereocenters. The number of benzene rings is 1. The number of rotatable bonds is 5. The van der Waals surface area contributed by atoms with E-state index in [0.29, 0.717) is 12.4 Å². The van der Waals surface area contributed by atoms with Gasteiger partial charge in [-0.25, -0.2) is 4.79 Å². The van der Waals surface area contributed by atoms with Crippen molar-refractivity contribution >= 4 is 12.0 Å². The Morgan fingerprint density at radius 2 is 1.89 bits per heavy atom. The second kappa shape index (κ2) is 7.65. The molecule has 4 rings (SSSR count). The van der Waals surface area contributed by atoms with E-state index in [0.717, 1.165) is 42.8 Å². The van der Waals surface area contributed by atoms with E-state index in [1.54, 1.807) is 4.90 Å². The number of urea groups is 1. The number of aromatic nitrogens is 2. The van der Waals surface area contributed by atoms with Gasteiger partial charge in [0.2, 0.25) is 5.89 Å². The van der Waals surface area contributed by atoms with Crippen LogP contribution in [0, 0.1) is 6.92 Å². The normalized spacial score (nSPS) is 14.4. The highest BCUT2D eigenvalue weighted by atomic mass is 16.4. The SMILES string of the molecule is Cc1ccc(CN(C(=O)Nc2nnc(-c3ccccc3)o2)C2CCCC2)o1. The fraction of sp³-hybridized carbons (Fsp3) is 0.350. The lowest BCUT2D eigenvalue weighted by Gasteiger charge is -2.27. The van der Waals surface area contributed by atoms with E-state index in [4.69, 9.17) is 8.83 Å². The van der Waals surface area contributed by atoms with Gasteiger partial charge >= 0.3 is 12.0 Å². The van der Waals surface area contributed by atoms with Crippen LogP contribution in [-0.4, -0.2) is 27.2 Å². The lowest BCUT2D eigenvalue weighted by atomic mass is 10.2. The fourth-order valence-corrected chi connectivity index (χ4v) is 3.46. The molecule has 2 aromatic heterocycles. The highest BCUT2D eigenvalue weighted by Gasteiger charge is 2.28. The number of furan rings is 1. The Morgan fingerprint density at radius 3 is 2.59 bits per heavy atom. The summed E-state index contributed by atoms with van der Waals surface area (Å²) in [6, 6.07) is 13.3. The molecule has 0 aliphatic heterocycles. The summed E-state index contributed by atoms with van der Waals surface area (Å²) in [4.78, 5) is 14.7. The Morgan fingerprint density at radius 1 is 1.11 bits per heavy atom. The molecule has 0 saturated heterocycles. The van der Waals surface area contributed by atoms with Crippen molar-refractivity contribution < 1.29 is 13.6 Å². The van der Waals surface area contributed by atoms with Crippen LogP contribution in [0.15, 0.2) is 51.3 Å². The van der Waals surface area contributed by atoms with E-state index in [-0.39, 0.29) is 18.1 Å². The van der Waals surface area contributed by atoms with Gasteiger partial charge in [0.15, 0.2) is 0 Å². The number of hydrogen-bond donors (Lipinski definition) is 1. The molecule has 2 amide bonds. The standard InChI is InChI=1S/C20H22N4O3/c1-14-11-12-17(26-14)13-24(16-9-5-6-10-16)20(25)21-19-23-22-18(27-19)15-7-3-2-4-8-15/h2-4,7-8,11-12,16H,5-6,9-10,13H2,1H3,(H,21,23,25). The molecular formula is C20H22N4O3. The second-order valence-corrected chi connectivity index (χ2v) is 6.79. The average molecular weight is 366 g/mol. The van der Waals surface area contributed by atoms with Crippen LogP contribution in [0.1, 0.15) is 37.2 Å². The van der Waals surface area contributed by atoms with Crippen LogP contribution in [-0.2, 0) is 6.54 Å². The molecule has 0 radical (unpaired) electrons. The minimum Gasteiger partial charge on any atom is -0.464 e. The summed E-state index contributed by atoms with van der Waals surface area (Å²) in [6.07, 6.45) is 4.24. The quantitative estimate of drug-likeness (QED) is 0.712. The highest BCUT2D eigenvalue weighted by molar-refractivity contribution is 5.87. The third-order valence-corrected chi connectivity index (χ3v) is 4.81. The maximum absolute atomic E-state index is 12.9. The predicted molar refractivity (Wildman–Crippen MR) is 100.0 cm³/mol. The van der Waals surface area contributed by atoms with E-state index >= 15 is 0 Å². The van der Waals surface area contributed by atoms with Crippen LogP contribution in [0.5, 0.6) is 0 Å². The summed E-state index contributed by atoms with van der Waals surface area (Å²) in [5, 5.41) is 10.7. The molecule has 1 aromatic carbocycles. The van der Waals surface area contributed by atoms with Crippen molar-refractivity contribution in [1.29, 1.82) is 0 Å². The number of anilines is 1. The molecule has 7 nitrogen and oxygen atoms in total. The van der Waals surface area contributed by atoms with Gasteiger partial charge < -0.3 is 13.7 Å². The molecule has 7 heteroatoms. The zero-order valence-electron chi connectivity index (χ0n) is 15.2. The Bertz CT molecular complexity index is 897. The van der Waals surface area contributed by atoms with Gasteiger partial charge in [-0.05, 0) is 44.0 Å². The first kappa shape index (κ1) is 17.3. The zero-order valence-corrected chi connectivity index (χ0v) is 15.2. The molecule has 1 aliphatic rings. The lowest BCUT2D eigenvalue weighted by molar-refractivity contribution is 0.177. The summed E-state index contributed by atoms with van der Waals surface area (Å²) < 4.78 is 11.3. The number of carbonyl (C=O) groups is 1. The van der Waals surface area contributed by atoms with Crippen molar-refractivity contribution in [2.75, 3.05) is 5.32 Å². The van der Waals surface area contributed by atoms with Crippen LogP contribution in [0.4, 0.5) is 10.8 Å². The van der Waals surface area contributed by atoms with E-state index in [1.807, 2.05) is 49.4 Å². The smallest absolute Gasteiger partial charge is 0.326 e. The molecular weight excluding hydrogens is 344 g/mol. The molecule has 27 heavy (non-hydrogen) atoms. The van der Waals surface area contributed by atoms with Gasteiger partial charge in [-0.1, -0.05) is 36.1 Å². The monoisotopic (exact) mass is 366 g/mol. The van der Waals surface area contributed by atoms with Crippen LogP contribution in [0.25, 0.3) is 11.5 Å². The van der Waals surface area contributed by atoms with Crippen LogP contribution in [0.2, 0.25) is 0 Å². The first-order chi connectivity index (χ1) is 13.2. The summed E-state index contributed by atoms with van der Waals surface area (Å²) in [5.74, 6) is 1.98. The summed E-state index contributed by atoms with van der Waals surface area (Å²) in [6.45, 7) is 2.32. The van der Waals surface area contributed by atoms with Gasteiger partial charge in [0.05, 0.1) is 6.54 Å². The number of nitrogens with zero attached hydrogens (tertiary/aromatic N) is 3. The Kier molecular flexibility index (Phi) is 4.91. The molecule has 0 bridgehead atoms. The summed E-state index contributed by atoms with van der Waals surface area (Å²) in [7, 11) is 0. The largest absolute Gasteiger partial charge is 0.464 e. The van der Waals surface area contributed by atoms with E-state index in [1.165, 1.54) is 0 Å². The van der Waals surface area contributed by atoms with Crippen molar-refractivity contribution in [3.8, 4) is 11.5 Å². The molecule has 1 fully saturated rings. The van der Waals surface area contributed by atoms with Gasteiger partial charge in [0.1, 0.15) is 11.5 Å². The van der Waals surface area contributed by atoms with Crippen molar-refractivity contribution in [3.05, 3.63) is 54.0 Å².